The van der Waals surface area contributed by atoms with Gasteiger partial charge in [-0.1, -0.05) is 0 Å². The minimum absolute atomic E-state index is 0.617. The summed E-state index contributed by atoms with van der Waals surface area (Å²) < 4.78 is 16.2. The van der Waals surface area contributed by atoms with E-state index in [1.54, 1.807) is 0 Å². The van der Waals surface area contributed by atoms with Crippen LogP contribution in [0.25, 0.3) is 21.8 Å². The van der Waals surface area contributed by atoms with Crippen LogP contribution >= 0.6 is 0 Å². The van der Waals surface area contributed by atoms with Gasteiger partial charge in [0.2, 0.25) is 0 Å². The van der Waals surface area contributed by atoms with Crippen LogP contribution in [0.3, 0.4) is 0 Å². The predicted octanol–water partition coefficient (Wildman–Crippen LogP) is 2.18. The van der Waals surface area contributed by atoms with Crippen molar-refractivity contribution in [3.63, 3.8) is 0 Å². The molecule has 24 heavy (non-hydrogen) atoms. The standard InChI is InChI=1S/C19H23AtN4/c1-20(21-16-8-2-3-9-17(16)22-20)23-12-4-6-14-10-11-15-7-5-13-24(20)19(15)18(14)23/h4-7,10-13,16-17,21-22H,2-3,8-9H2,1H3/q+2/t16-,17?/m0/s1. The Labute approximate surface area is 144 Å². The normalized spacial score (nSPS) is 30.6. The molecule has 0 radical (unpaired) electrons. The number of pyridine rings is 2. The number of fused-ring (bicyclic) bond motifs is 3. The zero-order chi connectivity index (χ0) is 16.0. The Balaban J connectivity index is 1.76. The van der Waals surface area contributed by atoms with Crippen molar-refractivity contribution in [2.24, 2.45) is 0 Å². The summed E-state index contributed by atoms with van der Waals surface area (Å²) >= 11 is -3.69. The number of benzene rings is 1. The van der Waals surface area contributed by atoms with E-state index in [2.05, 4.69) is 65.0 Å². The molecule has 6 rings (SSSR count). The number of aromatic nitrogens is 2. The topological polar surface area (TPSA) is 31.8 Å². The number of hydrogen-bond donors (Lipinski definition) is 2. The molecule has 1 saturated carbocycles. The van der Waals surface area contributed by atoms with Gasteiger partial charge in [0, 0.05) is 0 Å². The Morgan fingerprint density at radius 3 is 1.83 bits per heavy atom. The van der Waals surface area contributed by atoms with Gasteiger partial charge in [0.1, 0.15) is 0 Å². The monoisotopic (exact) mass is 517 g/mol. The van der Waals surface area contributed by atoms with E-state index in [1.165, 1.54) is 47.5 Å². The van der Waals surface area contributed by atoms with Crippen LogP contribution in [-0.4, -0.2) is 12.1 Å². The summed E-state index contributed by atoms with van der Waals surface area (Å²) in [6.45, 7) is 0. The van der Waals surface area contributed by atoms with Crippen LogP contribution in [0.2, 0.25) is 4.63 Å². The van der Waals surface area contributed by atoms with Gasteiger partial charge in [-0.3, -0.25) is 0 Å². The summed E-state index contributed by atoms with van der Waals surface area (Å²) in [7, 11) is 0. The molecule has 0 bridgehead atoms. The maximum atomic E-state index is 4.23. The zero-order valence-electron chi connectivity index (χ0n) is 13.9. The van der Waals surface area contributed by atoms with E-state index in [0.717, 1.165) is 0 Å². The van der Waals surface area contributed by atoms with Crippen LogP contribution in [0.15, 0.2) is 48.8 Å². The molecule has 3 aromatic rings. The van der Waals surface area contributed by atoms with Crippen molar-refractivity contribution >= 4 is 21.8 Å². The summed E-state index contributed by atoms with van der Waals surface area (Å²) in [6, 6.07) is 14.7. The molecule has 1 unspecified atom stereocenters. The molecule has 2 aliphatic heterocycles. The molecule has 2 N–H and O–H groups in total. The second-order valence-electron chi connectivity index (χ2n) is 7.52. The van der Waals surface area contributed by atoms with Crippen molar-refractivity contribution in [2.45, 2.75) is 42.4 Å². The first kappa shape index (κ1) is 14.1. The minimum atomic E-state index is -3.69. The van der Waals surface area contributed by atoms with Crippen molar-refractivity contribution in [1.29, 1.82) is 0 Å². The third-order valence-electron chi connectivity index (χ3n) is 6.09. The molecule has 2 atom stereocenters. The molecule has 0 amide bonds. The van der Waals surface area contributed by atoms with Gasteiger partial charge >= 0.3 is 144 Å². The first-order valence-electron chi connectivity index (χ1n) is 8.86. The molecule has 4 heterocycles. The molecule has 2 fully saturated rings. The van der Waals surface area contributed by atoms with E-state index in [1.807, 2.05) is 0 Å². The van der Waals surface area contributed by atoms with Gasteiger partial charge < -0.3 is 0 Å². The van der Waals surface area contributed by atoms with Gasteiger partial charge in [-0.2, -0.15) is 0 Å². The summed E-state index contributed by atoms with van der Waals surface area (Å²) in [6.07, 6.45) is 9.95. The van der Waals surface area contributed by atoms with Gasteiger partial charge in [-0.25, -0.2) is 0 Å². The fourth-order valence-corrected chi connectivity index (χ4v) is 22.1. The quantitative estimate of drug-likeness (QED) is 0.449. The molecule has 4 nitrogen and oxygen atoms in total. The number of nitrogens with zero attached hydrogens (tertiary/aromatic N) is 2. The molecule has 1 saturated heterocycles. The maximum absolute atomic E-state index is 4.23. The second kappa shape index (κ2) is 4.32. The zero-order valence-corrected chi connectivity index (χ0v) is 16.8. The summed E-state index contributed by atoms with van der Waals surface area (Å²) in [5.74, 6) is 0. The molecule has 124 valence electrons. The molecule has 1 aromatic carbocycles. The molecule has 5 heteroatoms. The first-order valence-corrected chi connectivity index (χ1v) is 17.4. The Hall–Kier alpha value is -1.16. The van der Waals surface area contributed by atoms with Crippen molar-refractivity contribution in [2.75, 3.05) is 0 Å². The van der Waals surface area contributed by atoms with Crippen molar-refractivity contribution < 1.29 is 25.0 Å². The molecule has 1 aliphatic carbocycles. The van der Waals surface area contributed by atoms with Crippen LogP contribution in [0, 0.1) is 19.9 Å². The third-order valence-corrected chi connectivity index (χ3v) is 21.4. The third kappa shape index (κ3) is 1.47. The Morgan fingerprint density at radius 1 is 0.833 bits per heavy atom. The van der Waals surface area contributed by atoms with Gasteiger partial charge in [0.05, 0.1) is 0 Å². The van der Waals surface area contributed by atoms with Gasteiger partial charge in [-0.05, 0) is 0 Å². The summed E-state index contributed by atoms with van der Waals surface area (Å²) in [5.41, 5.74) is 2.80. The first-order chi connectivity index (χ1) is 11.7. The van der Waals surface area contributed by atoms with Crippen LogP contribution in [0.1, 0.15) is 25.7 Å². The van der Waals surface area contributed by atoms with Crippen molar-refractivity contribution in [3.05, 3.63) is 48.8 Å². The van der Waals surface area contributed by atoms with Crippen LogP contribution in [-0.2, 0) is 0 Å². The molecule has 1 spiro atoms. The molecular formula is C19H23AtN4+2. The summed E-state index contributed by atoms with van der Waals surface area (Å²) in [4.78, 5) is 0. The second-order valence-corrected chi connectivity index (χ2v) is 21.6. The molecular weight excluding hydrogens is 494 g/mol. The number of hydrogen-bond acceptors (Lipinski definition) is 2. The van der Waals surface area contributed by atoms with Crippen LogP contribution < -0.4 is 11.5 Å². The molecule has 2 aromatic heterocycles. The van der Waals surface area contributed by atoms with E-state index in [-0.39, 0.29) is 0 Å². The fraction of sp³-hybridized carbons (Fsp3) is 0.368. The average Bonchev–Trinajstić information content (AvgIpc) is 3.06. The van der Waals surface area contributed by atoms with E-state index in [0.29, 0.717) is 12.1 Å². The SMILES string of the molecule is C[At]12(NC3CCCC[C@@H]3N1)[n+]1cccc3ccc4ccc[n+]2c4c31. The summed E-state index contributed by atoms with van der Waals surface area (Å²) in [5, 5.41) is 2.69. The van der Waals surface area contributed by atoms with Crippen molar-refractivity contribution in [1.82, 2.24) is 6.52 Å². The fourth-order valence-electron chi connectivity index (χ4n) is 5.00. The Kier molecular flexibility index (Phi) is 2.53. The van der Waals surface area contributed by atoms with Gasteiger partial charge in [0.15, 0.2) is 0 Å². The van der Waals surface area contributed by atoms with Gasteiger partial charge in [0.25, 0.3) is 0 Å². The Morgan fingerprint density at radius 2 is 1.33 bits per heavy atom. The van der Waals surface area contributed by atoms with E-state index >= 15 is 0 Å². The number of nitrogens with one attached hydrogen (secondary N) is 2. The van der Waals surface area contributed by atoms with Crippen molar-refractivity contribution in [3.8, 4) is 0 Å². The van der Waals surface area contributed by atoms with Crippen LogP contribution in [0.5, 0.6) is 0 Å². The Bertz CT molecular complexity index is 950. The van der Waals surface area contributed by atoms with E-state index in [4.69, 9.17) is 0 Å². The number of rotatable bonds is 0. The van der Waals surface area contributed by atoms with E-state index < -0.39 is 19.9 Å². The molecule has 3 aliphatic rings. The van der Waals surface area contributed by atoms with E-state index in [9.17, 15) is 0 Å². The van der Waals surface area contributed by atoms with Gasteiger partial charge in [-0.15, -0.1) is 0 Å². The predicted molar refractivity (Wildman–Crippen MR) is 90.8 cm³/mol. The average molecular weight is 517 g/mol. The van der Waals surface area contributed by atoms with Crippen LogP contribution in [0.4, 0.5) is 0 Å².